The van der Waals surface area contributed by atoms with Crippen LogP contribution in [0.5, 0.6) is 0 Å². The molecule has 2 heterocycles. The van der Waals surface area contributed by atoms with Gasteiger partial charge < -0.3 is 0 Å². The van der Waals surface area contributed by atoms with E-state index in [1.54, 1.807) is 0 Å². The van der Waals surface area contributed by atoms with Crippen LogP contribution in [0.25, 0.3) is 0 Å². The fourth-order valence-corrected chi connectivity index (χ4v) is 3.82. The van der Waals surface area contributed by atoms with Gasteiger partial charge in [0.2, 0.25) is 0 Å². The zero-order valence-corrected chi connectivity index (χ0v) is 16.0. The summed E-state index contributed by atoms with van der Waals surface area (Å²) in [6.07, 6.45) is 2.11. The van der Waals surface area contributed by atoms with E-state index in [1.165, 1.54) is 16.3 Å². The molecule has 134 valence electrons. The van der Waals surface area contributed by atoms with E-state index in [-0.39, 0.29) is 11.9 Å². The second-order valence-corrected chi connectivity index (χ2v) is 7.59. The zero-order chi connectivity index (χ0) is 18.5. The van der Waals surface area contributed by atoms with E-state index < -0.39 is 0 Å². The van der Waals surface area contributed by atoms with Gasteiger partial charge in [-0.25, -0.2) is 9.80 Å². The summed E-state index contributed by atoms with van der Waals surface area (Å²) in [6, 6.07) is 11.4. The van der Waals surface area contributed by atoms with Crippen molar-refractivity contribution in [3.8, 4) is 6.07 Å². The van der Waals surface area contributed by atoms with E-state index >= 15 is 0 Å². The van der Waals surface area contributed by atoms with Gasteiger partial charge >= 0.3 is 6.03 Å². The summed E-state index contributed by atoms with van der Waals surface area (Å²) in [5.41, 5.74) is 2.95. The van der Waals surface area contributed by atoms with E-state index in [9.17, 15) is 4.79 Å². The molecule has 0 spiro atoms. The number of nitrogens with zero attached hydrogens (tertiary/aromatic N) is 3. The number of carbonyl (C=O) groups is 1. The van der Waals surface area contributed by atoms with Gasteiger partial charge in [-0.15, -0.1) is 11.3 Å². The Kier molecular flexibility index (Phi) is 5.92. The first-order chi connectivity index (χ1) is 12.6. The normalized spacial score (nSPS) is 16.3. The molecule has 7 heteroatoms. The first kappa shape index (κ1) is 18.4. The lowest BCUT2D eigenvalue weighted by molar-refractivity contribution is 0.215. The molecule has 1 aliphatic heterocycles. The minimum Gasteiger partial charge on any atom is -0.298 e. The highest BCUT2D eigenvalue weighted by Crippen LogP contribution is 2.26. The number of anilines is 1. The standard InChI is InChI=1S/C19H19ClN4OS/c1-13-10-17(26-12-13)22-19(25)24-11-15(4-2-3-9-21)18(23-24)14-5-7-16(20)8-6-14/h5-8,10,12,15H,2-4,11H2,1H3,(H,22,25). The second-order valence-electron chi connectivity index (χ2n) is 6.24. The number of hydrogen-bond donors (Lipinski definition) is 1. The molecule has 0 radical (unpaired) electrons. The maximum atomic E-state index is 12.6. The average molecular weight is 387 g/mol. The molecule has 0 aliphatic carbocycles. The third kappa shape index (κ3) is 4.43. The number of benzene rings is 1. The van der Waals surface area contributed by atoms with Crippen molar-refractivity contribution >= 4 is 39.7 Å². The average Bonchev–Trinajstić information content (AvgIpc) is 3.22. The lowest BCUT2D eigenvalue weighted by Gasteiger charge is -2.14. The molecule has 1 aliphatic rings. The predicted octanol–water partition coefficient (Wildman–Crippen LogP) is 5.27. The Hall–Kier alpha value is -2.36. The molecule has 5 nitrogen and oxygen atoms in total. The van der Waals surface area contributed by atoms with Crippen LogP contribution in [0.2, 0.25) is 5.02 Å². The van der Waals surface area contributed by atoms with Gasteiger partial charge in [0.1, 0.15) is 0 Å². The van der Waals surface area contributed by atoms with Crippen LogP contribution in [0.3, 0.4) is 0 Å². The van der Waals surface area contributed by atoms with Crippen LogP contribution in [-0.2, 0) is 0 Å². The van der Waals surface area contributed by atoms with Gasteiger partial charge in [0, 0.05) is 17.4 Å². The molecule has 1 atom stereocenters. The lowest BCUT2D eigenvalue weighted by atomic mass is 9.93. The van der Waals surface area contributed by atoms with Crippen molar-refractivity contribution in [3.05, 3.63) is 51.9 Å². The molecule has 2 aromatic rings. The maximum absolute atomic E-state index is 12.6. The summed E-state index contributed by atoms with van der Waals surface area (Å²) in [4.78, 5) is 12.6. The topological polar surface area (TPSA) is 68.5 Å². The van der Waals surface area contributed by atoms with Crippen LogP contribution in [0, 0.1) is 24.2 Å². The van der Waals surface area contributed by atoms with Crippen molar-refractivity contribution in [2.24, 2.45) is 11.0 Å². The molecule has 1 aromatic heterocycles. The summed E-state index contributed by atoms with van der Waals surface area (Å²) in [6.45, 7) is 2.50. The number of amides is 2. The van der Waals surface area contributed by atoms with Crippen molar-refractivity contribution in [1.29, 1.82) is 5.26 Å². The molecule has 0 bridgehead atoms. The number of unbranched alkanes of at least 4 members (excludes halogenated alkanes) is 1. The minimum atomic E-state index is -0.235. The number of hydrazone groups is 1. The van der Waals surface area contributed by atoms with Crippen LogP contribution in [0.4, 0.5) is 9.80 Å². The van der Waals surface area contributed by atoms with Gasteiger partial charge in [0.05, 0.1) is 23.3 Å². The first-order valence-electron chi connectivity index (χ1n) is 8.42. The van der Waals surface area contributed by atoms with E-state index in [0.29, 0.717) is 18.0 Å². The highest BCUT2D eigenvalue weighted by Gasteiger charge is 2.30. The van der Waals surface area contributed by atoms with E-state index in [0.717, 1.165) is 34.7 Å². The summed E-state index contributed by atoms with van der Waals surface area (Å²) < 4.78 is 0. The lowest BCUT2D eigenvalue weighted by Crippen LogP contribution is -2.30. The van der Waals surface area contributed by atoms with E-state index in [4.69, 9.17) is 16.9 Å². The molecule has 26 heavy (non-hydrogen) atoms. The smallest absolute Gasteiger partial charge is 0.298 e. The number of aryl methyl sites for hydroxylation is 1. The van der Waals surface area contributed by atoms with Crippen LogP contribution in [0.15, 0.2) is 40.8 Å². The zero-order valence-electron chi connectivity index (χ0n) is 14.4. The number of nitriles is 1. The van der Waals surface area contributed by atoms with Crippen LogP contribution < -0.4 is 5.32 Å². The number of thiophene rings is 1. The van der Waals surface area contributed by atoms with Gasteiger partial charge in [0.25, 0.3) is 0 Å². The highest BCUT2D eigenvalue weighted by molar-refractivity contribution is 7.14. The first-order valence-corrected chi connectivity index (χ1v) is 9.67. The molecule has 1 unspecified atom stereocenters. The van der Waals surface area contributed by atoms with Crippen LogP contribution >= 0.6 is 22.9 Å². The molecule has 3 rings (SSSR count). The Morgan fingerprint density at radius 2 is 2.23 bits per heavy atom. The van der Waals surface area contributed by atoms with Gasteiger partial charge in [-0.2, -0.15) is 10.4 Å². The van der Waals surface area contributed by atoms with Crippen molar-refractivity contribution in [1.82, 2.24) is 5.01 Å². The third-order valence-corrected chi connectivity index (χ3v) is 5.40. The van der Waals surface area contributed by atoms with Gasteiger partial charge in [-0.1, -0.05) is 23.7 Å². The third-order valence-electron chi connectivity index (χ3n) is 4.18. The highest BCUT2D eigenvalue weighted by atomic mass is 35.5. The van der Waals surface area contributed by atoms with Gasteiger partial charge in [0.15, 0.2) is 0 Å². The Morgan fingerprint density at radius 1 is 1.46 bits per heavy atom. The molecular formula is C19H19ClN4OS. The largest absolute Gasteiger partial charge is 0.342 e. The summed E-state index contributed by atoms with van der Waals surface area (Å²) in [5.74, 6) is 0.111. The Bertz CT molecular complexity index is 853. The molecule has 0 fully saturated rings. The number of halogens is 1. The van der Waals surface area contributed by atoms with Crippen molar-refractivity contribution in [2.45, 2.75) is 26.2 Å². The monoisotopic (exact) mass is 386 g/mol. The Morgan fingerprint density at radius 3 is 2.88 bits per heavy atom. The molecule has 1 N–H and O–H groups in total. The number of urea groups is 1. The fourth-order valence-electron chi connectivity index (χ4n) is 2.91. The Labute approximate surface area is 161 Å². The number of hydrogen-bond acceptors (Lipinski definition) is 4. The number of carbonyl (C=O) groups excluding carboxylic acids is 1. The van der Waals surface area contributed by atoms with E-state index in [1.807, 2.05) is 42.6 Å². The summed E-state index contributed by atoms with van der Waals surface area (Å²) in [7, 11) is 0. The van der Waals surface area contributed by atoms with Gasteiger partial charge in [-0.05, 0) is 54.5 Å². The summed E-state index contributed by atoms with van der Waals surface area (Å²) in [5, 5.41) is 21.2. The molecule has 0 saturated carbocycles. The molecule has 1 aromatic carbocycles. The van der Waals surface area contributed by atoms with E-state index in [2.05, 4.69) is 16.5 Å². The number of rotatable bonds is 5. The van der Waals surface area contributed by atoms with Crippen LogP contribution in [-0.4, -0.2) is 23.3 Å². The molecule has 0 saturated heterocycles. The van der Waals surface area contributed by atoms with Gasteiger partial charge in [-0.3, -0.25) is 5.32 Å². The second kappa shape index (κ2) is 8.35. The SMILES string of the molecule is Cc1csc(NC(=O)N2CC(CCCC#N)C(c3ccc(Cl)cc3)=N2)c1. The summed E-state index contributed by atoms with van der Waals surface area (Å²) >= 11 is 7.47. The predicted molar refractivity (Wildman–Crippen MR) is 106 cm³/mol. The van der Waals surface area contributed by atoms with Crippen molar-refractivity contribution < 1.29 is 4.79 Å². The quantitative estimate of drug-likeness (QED) is 0.711. The van der Waals surface area contributed by atoms with Crippen LogP contribution in [0.1, 0.15) is 30.4 Å². The Balaban J connectivity index is 1.77. The fraction of sp³-hybridized carbons (Fsp3) is 0.316. The maximum Gasteiger partial charge on any atom is 0.342 e. The minimum absolute atomic E-state index is 0.111. The van der Waals surface area contributed by atoms with Crippen molar-refractivity contribution in [2.75, 3.05) is 11.9 Å². The molecule has 2 amide bonds. The number of nitrogens with one attached hydrogen (secondary N) is 1. The van der Waals surface area contributed by atoms with Crippen molar-refractivity contribution in [3.63, 3.8) is 0 Å². The molecular weight excluding hydrogens is 368 g/mol.